The molecule has 0 atom stereocenters. The first-order valence-corrected chi connectivity index (χ1v) is 13.8. The second-order valence-corrected chi connectivity index (χ2v) is 10.0. The normalized spacial score (nSPS) is 16.6. The molecule has 2 aliphatic rings. The van der Waals surface area contributed by atoms with E-state index in [9.17, 15) is 4.79 Å². The van der Waals surface area contributed by atoms with E-state index in [1.54, 1.807) is 0 Å². The predicted octanol–water partition coefficient (Wildman–Crippen LogP) is 5.13. The molecule has 2 N–H and O–H groups in total. The summed E-state index contributed by atoms with van der Waals surface area (Å²) in [5, 5.41) is 8.67. The number of piperidine rings is 1. The minimum absolute atomic E-state index is 0.0118. The summed E-state index contributed by atoms with van der Waals surface area (Å²) in [5.74, 6) is -0.260. The van der Waals surface area contributed by atoms with Gasteiger partial charge in [0.05, 0.1) is 17.0 Å². The van der Waals surface area contributed by atoms with Crippen LogP contribution < -0.4 is 21.1 Å². The van der Waals surface area contributed by atoms with Gasteiger partial charge >= 0.3 is 5.97 Å². The van der Waals surface area contributed by atoms with Gasteiger partial charge in [0.25, 0.3) is 0 Å². The summed E-state index contributed by atoms with van der Waals surface area (Å²) in [6.45, 7) is 10.1. The zero-order valence-corrected chi connectivity index (χ0v) is 23.1. The van der Waals surface area contributed by atoms with E-state index in [0.29, 0.717) is 5.56 Å². The number of hydrogen-bond acceptors (Lipinski definition) is 5. The molecule has 0 spiro atoms. The van der Waals surface area contributed by atoms with Crippen molar-refractivity contribution >= 4 is 35.5 Å². The van der Waals surface area contributed by atoms with Crippen molar-refractivity contribution in [2.75, 3.05) is 13.1 Å². The fourth-order valence-corrected chi connectivity index (χ4v) is 4.96. The van der Waals surface area contributed by atoms with E-state index in [1.807, 2.05) is 74.7 Å². The molecule has 40 heavy (non-hydrogen) atoms. The molecule has 0 aliphatic carbocycles. The topological polar surface area (TPSA) is 63.2 Å². The van der Waals surface area contributed by atoms with Crippen LogP contribution in [0.5, 0.6) is 0 Å². The third kappa shape index (κ3) is 6.38. The van der Waals surface area contributed by atoms with E-state index < -0.39 is 0 Å². The maximum atomic E-state index is 12.7. The SMILES string of the molecule is C=c1ccc(C2=C(c3cccc(C)n3)NC=CC=C2)c/c1=C/C(=C\C)c1ccc(C(=O)OC2CCNCC2)cc1. The van der Waals surface area contributed by atoms with Gasteiger partial charge in [-0.1, -0.05) is 55.1 Å². The Hall–Kier alpha value is -4.48. The maximum absolute atomic E-state index is 12.7. The monoisotopic (exact) mass is 529 g/mol. The van der Waals surface area contributed by atoms with Gasteiger partial charge in [0.1, 0.15) is 6.10 Å². The summed E-state index contributed by atoms with van der Waals surface area (Å²) in [7, 11) is 0. The Balaban J connectivity index is 1.45. The lowest BCUT2D eigenvalue weighted by Gasteiger charge is -2.22. The van der Waals surface area contributed by atoms with E-state index in [0.717, 1.165) is 75.7 Å². The Morgan fingerprint density at radius 3 is 2.55 bits per heavy atom. The molecule has 0 bridgehead atoms. The fourth-order valence-electron chi connectivity index (χ4n) is 4.96. The average Bonchev–Trinajstić information content (AvgIpc) is 3.24. The average molecular weight is 530 g/mol. The van der Waals surface area contributed by atoms with Gasteiger partial charge in [-0.05, 0) is 109 Å². The minimum atomic E-state index is -0.260. The van der Waals surface area contributed by atoms with Crippen molar-refractivity contribution in [2.24, 2.45) is 0 Å². The van der Waals surface area contributed by atoms with Crippen molar-refractivity contribution in [3.05, 3.63) is 130 Å². The van der Waals surface area contributed by atoms with E-state index in [2.05, 4.69) is 53.6 Å². The number of aromatic nitrogens is 1. The number of nitrogens with zero attached hydrogens (tertiary/aromatic N) is 1. The van der Waals surface area contributed by atoms with Crippen LogP contribution in [-0.4, -0.2) is 30.1 Å². The Morgan fingerprint density at radius 2 is 1.80 bits per heavy atom. The third-order valence-electron chi connectivity index (χ3n) is 7.20. The molecule has 3 aromatic rings. The van der Waals surface area contributed by atoms with Gasteiger partial charge in [0, 0.05) is 17.5 Å². The van der Waals surface area contributed by atoms with Crippen LogP contribution in [0.1, 0.15) is 52.6 Å². The number of aryl methyl sites for hydroxylation is 1. The lowest BCUT2D eigenvalue weighted by molar-refractivity contribution is 0.0229. The summed E-state index contributed by atoms with van der Waals surface area (Å²) < 4.78 is 5.71. The lowest BCUT2D eigenvalue weighted by atomic mass is 9.98. The highest BCUT2D eigenvalue weighted by Gasteiger charge is 2.18. The Labute approximate surface area is 236 Å². The van der Waals surface area contributed by atoms with E-state index in [1.165, 1.54) is 0 Å². The van der Waals surface area contributed by atoms with Gasteiger partial charge in [0.2, 0.25) is 0 Å². The first-order valence-electron chi connectivity index (χ1n) is 13.8. The summed E-state index contributed by atoms with van der Waals surface area (Å²) in [6.07, 6.45) is 14.0. The van der Waals surface area contributed by atoms with Crippen molar-refractivity contribution in [1.82, 2.24) is 15.6 Å². The van der Waals surface area contributed by atoms with Gasteiger partial charge in [0.15, 0.2) is 0 Å². The summed E-state index contributed by atoms with van der Waals surface area (Å²) >= 11 is 0. The maximum Gasteiger partial charge on any atom is 0.338 e. The molecule has 0 unspecified atom stereocenters. The number of allylic oxidation sites excluding steroid dienone is 6. The molecule has 0 amide bonds. The molecule has 1 saturated heterocycles. The number of hydrogen-bond donors (Lipinski definition) is 2. The lowest BCUT2D eigenvalue weighted by Crippen LogP contribution is -2.33. The van der Waals surface area contributed by atoms with Crippen LogP contribution in [0.15, 0.2) is 91.2 Å². The number of pyridine rings is 1. The molecular formula is C35H35N3O2. The van der Waals surface area contributed by atoms with Crippen molar-refractivity contribution in [3.63, 3.8) is 0 Å². The first kappa shape index (κ1) is 27.1. The molecule has 5 nitrogen and oxygen atoms in total. The molecule has 0 radical (unpaired) electrons. The molecule has 5 rings (SSSR count). The van der Waals surface area contributed by atoms with Crippen LogP contribution in [0, 0.1) is 6.92 Å². The van der Waals surface area contributed by atoms with Crippen molar-refractivity contribution < 1.29 is 9.53 Å². The van der Waals surface area contributed by atoms with Crippen LogP contribution in [0.3, 0.4) is 0 Å². The number of carbonyl (C=O) groups is 1. The molecule has 2 aliphatic heterocycles. The van der Waals surface area contributed by atoms with Gasteiger partial charge < -0.3 is 15.4 Å². The van der Waals surface area contributed by atoms with Crippen LogP contribution in [0.4, 0.5) is 0 Å². The number of benzene rings is 2. The highest BCUT2D eigenvalue weighted by molar-refractivity contribution is 5.96. The Morgan fingerprint density at radius 1 is 1.02 bits per heavy atom. The minimum Gasteiger partial charge on any atom is -0.459 e. The number of ether oxygens (including phenoxy) is 1. The van der Waals surface area contributed by atoms with Crippen LogP contribution in [0.2, 0.25) is 0 Å². The zero-order chi connectivity index (χ0) is 27.9. The number of carbonyl (C=O) groups excluding carboxylic acids is 1. The molecule has 202 valence electrons. The zero-order valence-electron chi connectivity index (χ0n) is 23.1. The quantitative estimate of drug-likeness (QED) is 0.434. The third-order valence-corrected chi connectivity index (χ3v) is 7.20. The molecule has 1 fully saturated rings. The van der Waals surface area contributed by atoms with Crippen molar-refractivity contribution in [3.8, 4) is 0 Å². The molecular weight excluding hydrogens is 494 g/mol. The molecule has 2 aromatic carbocycles. The van der Waals surface area contributed by atoms with Crippen LogP contribution >= 0.6 is 0 Å². The first-order chi connectivity index (χ1) is 19.5. The van der Waals surface area contributed by atoms with Gasteiger partial charge in [-0.3, -0.25) is 4.98 Å². The van der Waals surface area contributed by atoms with E-state index in [-0.39, 0.29) is 12.1 Å². The van der Waals surface area contributed by atoms with Crippen molar-refractivity contribution in [1.29, 1.82) is 0 Å². The number of rotatable bonds is 6. The second-order valence-electron chi connectivity index (χ2n) is 10.0. The standard InChI is InChI=1S/C35H35N3O2/c1-4-26(27-13-15-28(16-14-27)35(39)40-31-17-20-36-21-18-31)22-30-23-29(12-11-24(30)2)32-9-5-6-19-37-34(32)33-10-7-8-25(3)38-33/h4-16,19,22-23,31,36-37H,2,17-18,20-21H2,1,3H3/b26-4+,30-22-. The molecule has 3 heterocycles. The van der Waals surface area contributed by atoms with Crippen LogP contribution in [0.25, 0.3) is 29.5 Å². The number of esters is 1. The fraction of sp³-hybridized carbons (Fsp3) is 0.200. The molecule has 0 saturated carbocycles. The Bertz CT molecular complexity index is 1620. The molecule has 1 aromatic heterocycles. The van der Waals surface area contributed by atoms with Gasteiger partial charge in [-0.25, -0.2) is 4.79 Å². The largest absolute Gasteiger partial charge is 0.459 e. The summed E-state index contributed by atoms with van der Waals surface area (Å²) in [4.78, 5) is 17.4. The smallest absolute Gasteiger partial charge is 0.338 e. The summed E-state index contributed by atoms with van der Waals surface area (Å²) in [6, 6.07) is 20.0. The van der Waals surface area contributed by atoms with E-state index in [4.69, 9.17) is 9.72 Å². The van der Waals surface area contributed by atoms with Gasteiger partial charge in [-0.15, -0.1) is 0 Å². The van der Waals surface area contributed by atoms with E-state index >= 15 is 0 Å². The van der Waals surface area contributed by atoms with Crippen molar-refractivity contribution in [2.45, 2.75) is 32.8 Å². The highest BCUT2D eigenvalue weighted by atomic mass is 16.5. The number of nitrogens with one attached hydrogen (secondary N) is 2. The summed E-state index contributed by atoms with van der Waals surface area (Å²) in [5.41, 5.74) is 7.57. The molecule has 5 heteroatoms. The van der Waals surface area contributed by atoms with Crippen LogP contribution in [-0.2, 0) is 4.74 Å². The Kier molecular flexibility index (Phi) is 8.53. The second kappa shape index (κ2) is 12.6. The predicted molar refractivity (Wildman–Crippen MR) is 164 cm³/mol. The highest BCUT2D eigenvalue weighted by Crippen LogP contribution is 2.26. The van der Waals surface area contributed by atoms with Gasteiger partial charge in [-0.2, -0.15) is 0 Å².